The molecule has 2 heterocycles. The summed E-state index contributed by atoms with van der Waals surface area (Å²) in [5, 5.41) is 8.27. The standard InChI is InChI=1S/C10H12FN3S/c11-9-8(13-14-10(9)12)5-1-3-7-4-2-6-15-7/h2,4,6H,1,3,5H2,(H3,12,13,14). The van der Waals surface area contributed by atoms with Gasteiger partial charge in [0.2, 0.25) is 0 Å². The van der Waals surface area contributed by atoms with Crippen molar-refractivity contribution in [2.75, 3.05) is 5.73 Å². The molecule has 5 heteroatoms. The summed E-state index contributed by atoms with van der Waals surface area (Å²) < 4.78 is 13.2. The highest BCUT2D eigenvalue weighted by molar-refractivity contribution is 7.09. The topological polar surface area (TPSA) is 54.7 Å². The van der Waals surface area contributed by atoms with Gasteiger partial charge in [0.1, 0.15) is 0 Å². The lowest BCUT2D eigenvalue weighted by Crippen LogP contribution is -1.92. The fraction of sp³-hybridized carbons (Fsp3) is 0.300. The summed E-state index contributed by atoms with van der Waals surface area (Å²) in [5.74, 6) is -0.442. The molecule has 0 spiro atoms. The first-order valence-corrected chi connectivity index (χ1v) is 5.66. The van der Waals surface area contributed by atoms with Gasteiger partial charge in [-0.25, -0.2) is 4.39 Å². The Hall–Kier alpha value is -1.36. The first-order chi connectivity index (χ1) is 7.27. The third kappa shape index (κ3) is 2.36. The molecule has 0 saturated heterocycles. The molecule has 3 nitrogen and oxygen atoms in total. The lowest BCUT2D eigenvalue weighted by Gasteiger charge is -1.96. The lowest BCUT2D eigenvalue weighted by atomic mass is 10.1. The molecule has 0 bridgehead atoms. The van der Waals surface area contributed by atoms with Crippen molar-refractivity contribution in [3.8, 4) is 0 Å². The fourth-order valence-electron chi connectivity index (χ4n) is 1.44. The highest BCUT2D eigenvalue weighted by Gasteiger charge is 2.09. The monoisotopic (exact) mass is 225 g/mol. The van der Waals surface area contributed by atoms with Gasteiger partial charge in [-0.15, -0.1) is 11.3 Å². The molecule has 0 saturated carbocycles. The van der Waals surface area contributed by atoms with Crippen molar-refractivity contribution in [2.24, 2.45) is 0 Å². The summed E-state index contributed by atoms with van der Waals surface area (Å²) in [4.78, 5) is 1.32. The molecule has 0 radical (unpaired) electrons. The van der Waals surface area contributed by atoms with Crippen molar-refractivity contribution in [1.82, 2.24) is 10.2 Å². The molecule has 0 atom stereocenters. The van der Waals surface area contributed by atoms with Crippen molar-refractivity contribution in [3.05, 3.63) is 33.9 Å². The number of anilines is 1. The Morgan fingerprint density at radius 3 is 2.93 bits per heavy atom. The number of rotatable bonds is 4. The number of hydrogen-bond donors (Lipinski definition) is 2. The van der Waals surface area contributed by atoms with Gasteiger partial charge in [-0.3, -0.25) is 5.10 Å². The molecule has 80 valence electrons. The molecular weight excluding hydrogens is 213 g/mol. The van der Waals surface area contributed by atoms with Crippen molar-refractivity contribution >= 4 is 17.2 Å². The number of nitrogen functional groups attached to an aromatic ring is 1. The molecular formula is C10H12FN3S. The fourth-order valence-corrected chi connectivity index (χ4v) is 2.19. The van der Waals surface area contributed by atoms with E-state index in [1.807, 2.05) is 11.4 Å². The summed E-state index contributed by atoms with van der Waals surface area (Å²) in [7, 11) is 0. The molecule has 0 aliphatic heterocycles. The third-order valence-corrected chi connectivity index (χ3v) is 3.17. The molecule has 3 N–H and O–H groups in total. The van der Waals surface area contributed by atoms with Gasteiger partial charge < -0.3 is 5.73 Å². The van der Waals surface area contributed by atoms with Crippen LogP contribution < -0.4 is 5.73 Å². The molecule has 0 unspecified atom stereocenters. The van der Waals surface area contributed by atoms with Crippen molar-refractivity contribution in [1.29, 1.82) is 0 Å². The Kier molecular flexibility index (Phi) is 3.01. The second-order valence-corrected chi connectivity index (χ2v) is 4.37. The number of aromatic amines is 1. The molecule has 0 fully saturated rings. The van der Waals surface area contributed by atoms with Crippen LogP contribution in [0.3, 0.4) is 0 Å². The van der Waals surface area contributed by atoms with E-state index in [9.17, 15) is 4.39 Å². The number of nitrogens with two attached hydrogens (primary N) is 1. The van der Waals surface area contributed by atoms with Crippen LogP contribution in [0.5, 0.6) is 0 Å². The van der Waals surface area contributed by atoms with E-state index in [1.54, 1.807) is 11.3 Å². The first-order valence-electron chi connectivity index (χ1n) is 4.78. The van der Waals surface area contributed by atoms with Gasteiger partial charge in [0.25, 0.3) is 0 Å². The molecule has 2 rings (SSSR count). The average molecular weight is 225 g/mol. The van der Waals surface area contributed by atoms with Crippen LogP contribution in [0, 0.1) is 5.82 Å². The average Bonchev–Trinajstić information content (AvgIpc) is 2.83. The lowest BCUT2D eigenvalue weighted by molar-refractivity contribution is 0.608. The number of thiophene rings is 1. The number of aryl methyl sites for hydroxylation is 2. The zero-order valence-corrected chi connectivity index (χ0v) is 8.98. The molecule has 0 amide bonds. The minimum Gasteiger partial charge on any atom is -0.380 e. The summed E-state index contributed by atoms with van der Waals surface area (Å²) in [5.41, 5.74) is 5.80. The number of nitrogens with one attached hydrogen (secondary N) is 1. The van der Waals surface area contributed by atoms with Crippen LogP contribution in [0.15, 0.2) is 17.5 Å². The van der Waals surface area contributed by atoms with Crippen LogP contribution in [-0.4, -0.2) is 10.2 Å². The molecule has 2 aromatic rings. The predicted octanol–water partition coefficient (Wildman–Crippen LogP) is 2.37. The van der Waals surface area contributed by atoms with E-state index in [0.29, 0.717) is 12.1 Å². The normalized spacial score (nSPS) is 10.7. The van der Waals surface area contributed by atoms with E-state index >= 15 is 0 Å². The summed E-state index contributed by atoms with van der Waals surface area (Å²) >= 11 is 1.72. The van der Waals surface area contributed by atoms with Gasteiger partial charge in [0.05, 0.1) is 5.69 Å². The van der Waals surface area contributed by atoms with Crippen LogP contribution >= 0.6 is 11.3 Å². The van der Waals surface area contributed by atoms with Crippen LogP contribution in [0.1, 0.15) is 17.0 Å². The van der Waals surface area contributed by atoms with Crippen molar-refractivity contribution in [3.63, 3.8) is 0 Å². The highest BCUT2D eigenvalue weighted by atomic mass is 32.1. The van der Waals surface area contributed by atoms with Crippen LogP contribution in [0.25, 0.3) is 0 Å². The summed E-state index contributed by atoms with van der Waals surface area (Å²) in [6, 6.07) is 4.11. The van der Waals surface area contributed by atoms with E-state index < -0.39 is 5.82 Å². The Balaban J connectivity index is 1.86. The highest BCUT2D eigenvalue weighted by Crippen LogP contribution is 2.15. The van der Waals surface area contributed by atoms with Gasteiger partial charge in [-0.1, -0.05) is 6.07 Å². The molecule has 15 heavy (non-hydrogen) atoms. The smallest absolute Gasteiger partial charge is 0.187 e. The van der Waals surface area contributed by atoms with Gasteiger partial charge >= 0.3 is 0 Å². The van der Waals surface area contributed by atoms with Gasteiger partial charge in [-0.2, -0.15) is 5.10 Å². The molecule has 2 aromatic heterocycles. The van der Waals surface area contributed by atoms with E-state index in [-0.39, 0.29) is 5.82 Å². The Bertz CT molecular complexity index is 422. The van der Waals surface area contributed by atoms with E-state index in [1.165, 1.54) is 4.88 Å². The largest absolute Gasteiger partial charge is 0.380 e. The second-order valence-electron chi connectivity index (χ2n) is 3.33. The van der Waals surface area contributed by atoms with Crippen molar-refractivity contribution < 1.29 is 4.39 Å². The third-order valence-electron chi connectivity index (χ3n) is 2.23. The predicted molar refractivity (Wildman–Crippen MR) is 59.3 cm³/mol. The van der Waals surface area contributed by atoms with Gasteiger partial charge in [0, 0.05) is 4.88 Å². The van der Waals surface area contributed by atoms with Crippen LogP contribution in [-0.2, 0) is 12.8 Å². The Morgan fingerprint density at radius 2 is 2.33 bits per heavy atom. The molecule has 0 aliphatic rings. The number of hydrogen-bond acceptors (Lipinski definition) is 3. The summed E-state index contributed by atoms with van der Waals surface area (Å²) in [6.45, 7) is 0. The molecule has 0 aromatic carbocycles. The number of halogens is 1. The second kappa shape index (κ2) is 4.44. The minimum absolute atomic E-state index is 0.0406. The van der Waals surface area contributed by atoms with E-state index in [2.05, 4.69) is 16.3 Å². The van der Waals surface area contributed by atoms with Gasteiger partial charge in [-0.05, 0) is 30.7 Å². The Labute approximate surface area is 91.1 Å². The summed E-state index contributed by atoms with van der Waals surface area (Å²) in [6.07, 6.45) is 2.52. The maximum atomic E-state index is 13.2. The minimum atomic E-state index is -0.402. The zero-order chi connectivity index (χ0) is 10.7. The number of H-pyrrole nitrogens is 1. The van der Waals surface area contributed by atoms with Gasteiger partial charge in [0.15, 0.2) is 11.6 Å². The van der Waals surface area contributed by atoms with E-state index in [0.717, 1.165) is 12.8 Å². The SMILES string of the molecule is Nc1n[nH]c(CCCc2cccs2)c1F. The quantitative estimate of drug-likeness (QED) is 0.839. The molecule has 0 aliphatic carbocycles. The maximum Gasteiger partial charge on any atom is 0.187 e. The van der Waals surface area contributed by atoms with Crippen LogP contribution in [0.4, 0.5) is 10.2 Å². The maximum absolute atomic E-state index is 13.2. The Morgan fingerprint density at radius 1 is 1.47 bits per heavy atom. The van der Waals surface area contributed by atoms with Crippen LogP contribution in [0.2, 0.25) is 0 Å². The number of nitrogens with zero attached hydrogens (tertiary/aromatic N) is 1. The first kappa shape index (κ1) is 10.2. The zero-order valence-electron chi connectivity index (χ0n) is 8.16. The van der Waals surface area contributed by atoms with Crippen molar-refractivity contribution in [2.45, 2.75) is 19.3 Å². The van der Waals surface area contributed by atoms with E-state index in [4.69, 9.17) is 5.73 Å². The number of aromatic nitrogens is 2.